The molecular weight excluding hydrogens is 272 g/mol. The molecular formula is C15H16N2O4. The minimum absolute atomic E-state index is 0.0124. The smallest absolute Gasteiger partial charge is 0.320 e. The van der Waals surface area contributed by atoms with Crippen LogP contribution in [0.15, 0.2) is 18.2 Å². The summed E-state index contributed by atoms with van der Waals surface area (Å²) < 4.78 is 0. The monoisotopic (exact) mass is 288 g/mol. The van der Waals surface area contributed by atoms with Crippen molar-refractivity contribution in [1.82, 2.24) is 0 Å². The minimum Gasteiger partial charge on any atom is -0.480 e. The highest BCUT2D eigenvalue weighted by Gasteiger charge is 2.25. The van der Waals surface area contributed by atoms with Gasteiger partial charge in [0.25, 0.3) is 5.69 Å². The molecule has 0 amide bonds. The first-order valence-corrected chi connectivity index (χ1v) is 6.22. The van der Waals surface area contributed by atoms with E-state index in [0.717, 1.165) is 0 Å². The number of hydrogen-bond acceptors (Lipinski definition) is 4. The number of nitro groups is 1. The predicted molar refractivity (Wildman–Crippen MR) is 79.6 cm³/mol. The number of carboxylic acids is 1. The molecule has 1 unspecified atom stereocenters. The first-order chi connectivity index (χ1) is 9.83. The maximum absolute atomic E-state index is 11.3. The summed E-state index contributed by atoms with van der Waals surface area (Å²) >= 11 is 0. The van der Waals surface area contributed by atoms with Crippen LogP contribution in [0.4, 0.5) is 5.69 Å². The molecule has 0 aliphatic carbocycles. The number of terminal acetylenes is 1. The fraction of sp³-hybridized carbons (Fsp3) is 0.267. The SMILES string of the molecule is C#Cc1ccc(C)c(/C(=C\C)CC(N)C(=O)O)c1[N+](=O)[O-]. The van der Waals surface area contributed by atoms with Crippen molar-refractivity contribution in [1.29, 1.82) is 0 Å². The minimum atomic E-state index is -1.16. The molecule has 0 aliphatic heterocycles. The molecule has 110 valence electrons. The van der Waals surface area contributed by atoms with Crippen molar-refractivity contribution in [3.8, 4) is 12.3 Å². The van der Waals surface area contributed by atoms with E-state index in [1.54, 1.807) is 26.0 Å². The maximum atomic E-state index is 11.3. The summed E-state index contributed by atoms with van der Waals surface area (Å²) in [4.78, 5) is 21.7. The van der Waals surface area contributed by atoms with Gasteiger partial charge in [-0.05, 0) is 37.5 Å². The Morgan fingerprint density at radius 1 is 1.62 bits per heavy atom. The van der Waals surface area contributed by atoms with Crippen LogP contribution >= 0.6 is 0 Å². The Hall–Kier alpha value is -2.65. The van der Waals surface area contributed by atoms with E-state index in [1.807, 2.05) is 0 Å². The summed E-state index contributed by atoms with van der Waals surface area (Å²) in [6, 6.07) is 2.04. The Bertz CT molecular complexity index is 656. The van der Waals surface area contributed by atoms with E-state index in [1.165, 1.54) is 6.07 Å². The van der Waals surface area contributed by atoms with Gasteiger partial charge in [0.15, 0.2) is 0 Å². The van der Waals surface area contributed by atoms with Gasteiger partial charge in [-0.15, -0.1) is 6.42 Å². The van der Waals surface area contributed by atoms with Crippen molar-refractivity contribution in [2.75, 3.05) is 0 Å². The van der Waals surface area contributed by atoms with Crippen LogP contribution in [-0.4, -0.2) is 22.0 Å². The molecule has 0 saturated carbocycles. The molecule has 1 rings (SSSR count). The van der Waals surface area contributed by atoms with Crippen LogP contribution in [0.5, 0.6) is 0 Å². The normalized spacial score (nSPS) is 12.6. The molecule has 0 aromatic heterocycles. The lowest BCUT2D eigenvalue weighted by atomic mass is 9.91. The van der Waals surface area contributed by atoms with Gasteiger partial charge in [0.05, 0.1) is 10.5 Å². The molecule has 0 heterocycles. The van der Waals surface area contributed by atoms with Crippen LogP contribution in [0.3, 0.4) is 0 Å². The van der Waals surface area contributed by atoms with Gasteiger partial charge in [-0.2, -0.15) is 0 Å². The number of benzene rings is 1. The third-order valence-corrected chi connectivity index (χ3v) is 3.15. The van der Waals surface area contributed by atoms with Gasteiger partial charge >= 0.3 is 5.97 Å². The van der Waals surface area contributed by atoms with Gasteiger partial charge in [-0.25, -0.2) is 0 Å². The van der Waals surface area contributed by atoms with E-state index in [2.05, 4.69) is 5.92 Å². The lowest BCUT2D eigenvalue weighted by Crippen LogP contribution is -2.30. The third kappa shape index (κ3) is 3.46. The number of nitrogens with zero attached hydrogens (tertiary/aromatic N) is 1. The van der Waals surface area contributed by atoms with Crippen LogP contribution < -0.4 is 5.73 Å². The molecule has 0 bridgehead atoms. The number of carboxylic acid groups (broad SMARTS) is 1. The Kier molecular flexibility index (Phi) is 5.22. The quantitative estimate of drug-likeness (QED) is 0.490. The lowest BCUT2D eigenvalue weighted by molar-refractivity contribution is -0.385. The van der Waals surface area contributed by atoms with Crippen molar-refractivity contribution in [3.63, 3.8) is 0 Å². The number of hydrogen-bond donors (Lipinski definition) is 2. The fourth-order valence-corrected chi connectivity index (χ4v) is 2.09. The Morgan fingerprint density at radius 2 is 2.24 bits per heavy atom. The zero-order valence-corrected chi connectivity index (χ0v) is 11.8. The van der Waals surface area contributed by atoms with Crippen molar-refractivity contribution < 1.29 is 14.8 Å². The maximum Gasteiger partial charge on any atom is 0.320 e. The number of nitro benzene ring substituents is 1. The standard InChI is InChI=1S/C15H16N2O4/c1-4-10-7-6-9(3)13(14(10)17(20)21)11(5-2)8-12(16)15(18)19/h1,5-7,12H,8,16H2,2-3H3,(H,18,19)/b11-5-. The summed E-state index contributed by atoms with van der Waals surface area (Å²) in [6.07, 6.45) is 6.92. The van der Waals surface area contributed by atoms with Crippen LogP contribution in [0.25, 0.3) is 5.57 Å². The third-order valence-electron chi connectivity index (χ3n) is 3.15. The summed E-state index contributed by atoms with van der Waals surface area (Å²) in [5.74, 6) is 1.12. The molecule has 0 saturated heterocycles. The molecule has 0 radical (unpaired) electrons. The van der Waals surface area contributed by atoms with Gasteiger partial charge in [0.2, 0.25) is 0 Å². The first-order valence-electron chi connectivity index (χ1n) is 6.22. The number of carbonyl (C=O) groups is 1. The van der Waals surface area contributed by atoms with Crippen LogP contribution in [0.2, 0.25) is 0 Å². The highest BCUT2D eigenvalue weighted by molar-refractivity contribution is 5.82. The molecule has 1 aromatic rings. The molecule has 1 atom stereocenters. The van der Waals surface area contributed by atoms with Gasteiger partial charge in [0, 0.05) is 0 Å². The van der Waals surface area contributed by atoms with Gasteiger partial charge in [0.1, 0.15) is 11.6 Å². The Labute approximate surface area is 122 Å². The van der Waals surface area contributed by atoms with E-state index < -0.39 is 16.9 Å². The molecule has 21 heavy (non-hydrogen) atoms. The number of rotatable bonds is 5. The molecule has 1 aromatic carbocycles. The highest BCUT2D eigenvalue weighted by Crippen LogP contribution is 2.34. The van der Waals surface area contributed by atoms with Gasteiger partial charge < -0.3 is 10.8 Å². The Morgan fingerprint density at radius 3 is 2.67 bits per heavy atom. The zero-order valence-electron chi connectivity index (χ0n) is 11.8. The van der Waals surface area contributed by atoms with Crippen LogP contribution in [0, 0.1) is 29.4 Å². The molecule has 0 aliphatic rings. The second kappa shape index (κ2) is 6.68. The van der Waals surface area contributed by atoms with Crippen LogP contribution in [-0.2, 0) is 4.79 Å². The average Bonchev–Trinajstić information content (AvgIpc) is 2.44. The van der Waals surface area contributed by atoms with E-state index in [0.29, 0.717) is 16.7 Å². The summed E-state index contributed by atoms with van der Waals surface area (Å²) in [6.45, 7) is 3.38. The summed E-state index contributed by atoms with van der Waals surface area (Å²) in [5, 5.41) is 20.2. The molecule has 0 spiro atoms. The van der Waals surface area contributed by atoms with E-state index in [-0.39, 0.29) is 17.7 Å². The molecule has 0 fully saturated rings. The van der Waals surface area contributed by atoms with Crippen molar-refractivity contribution in [3.05, 3.63) is 45.0 Å². The van der Waals surface area contributed by atoms with Crippen molar-refractivity contribution in [2.24, 2.45) is 5.73 Å². The summed E-state index contributed by atoms with van der Waals surface area (Å²) in [7, 11) is 0. The van der Waals surface area contributed by atoms with Gasteiger partial charge in [-0.3, -0.25) is 14.9 Å². The second-order valence-electron chi connectivity index (χ2n) is 4.52. The molecule has 6 nitrogen and oxygen atoms in total. The lowest BCUT2D eigenvalue weighted by Gasteiger charge is -2.14. The van der Waals surface area contributed by atoms with Crippen molar-refractivity contribution in [2.45, 2.75) is 26.3 Å². The molecule has 6 heteroatoms. The van der Waals surface area contributed by atoms with Gasteiger partial charge in [-0.1, -0.05) is 18.1 Å². The van der Waals surface area contributed by atoms with E-state index in [4.69, 9.17) is 17.3 Å². The van der Waals surface area contributed by atoms with Crippen LogP contribution in [0.1, 0.15) is 30.0 Å². The summed E-state index contributed by atoms with van der Waals surface area (Å²) in [5.41, 5.74) is 6.97. The highest BCUT2D eigenvalue weighted by atomic mass is 16.6. The Balaban J connectivity index is 3.50. The number of nitrogens with two attached hydrogens (primary N) is 1. The number of aliphatic carboxylic acids is 1. The second-order valence-corrected chi connectivity index (χ2v) is 4.52. The predicted octanol–water partition coefficient (Wildman–Crippen LogP) is 2.09. The van der Waals surface area contributed by atoms with E-state index in [9.17, 15) is 14.9 Å². The number of aryl methyl sites for hydroxylation is 1. The average molecular weight is 288 g/mol. The topological polar surface area (TPSA) is 106 Å². The molecule has 3 N–H and O–H groups in total. The largest absolute Gasteiger partial charge is 0.480 e. The van der Waals surface area contributed by atoms with Crippen molar-refractivity contribution >= 4 is 17.2 Å². The first kappa shape index (κ1) is 16.4. The zero-order chi connectivity index (χ0) is 16.2. The number of allylic oxidation sites excluding steroid dienone is 1. The fourth-order valence-electron chi connectivity index (χ4n) is 2.09. The van der Waals surface area contributed by atoms with E-state index >= 15 is 0 Å².